The Kier molecular flexibility index (Phi) is 4.38. The summed E-state index contributed by atoms with van der Waals surface area (Å²) in [7, 11) is 1.25. The zero-order chi connectivity index (χ0) is 14.6. The number of alkyl halides is 3. The third-order valence-corrected chi connectivity index (χ3v) is 1.86. The zero-order valence-corrected chi connectivity index (χ0v) is 9.48. The number of hydrogen-bond acceptors (Lipinski definition) is 5. The van der Waals surface area contributed by atoms with Gasteiger partial charge in [0.2, 0.25) is 5.95 Å². The fraction of sp³-hybridized carbons (Fsp3) is 0.333. The van der Waals surface area contributed by atoms with Crippen LogP contribution < -0.4 is 5.32 Å². The highest BCUT2D eigenvalue weighted by atomic mass is 19.4. The molecular weight excluding hydrogens is 271 g/mol. The molecule has 2 N–H and O–H groups in total. The summed E-state index contributed by atoms with van der Waals surface area (Å²) in [5, 5.41) is 10.2. The molecule has 0 saturated carbocycles. The Morgan fingerprint density at radius 2 is 2.11 bits per heavy atom. The molecule has 0 unspecified atom stereocenters. The minimum absolute atomic E-state index is 0.150. The summed E-state index contributed by atoms with van der Waals surface area (Å²) < 4.78 is 40.7. The molecule has 0 aliphatic heterocycles. The van der Waals surface area contributed by atoms with Crippen LogP contribution in [0.25, 0.3) is 0 Å². The summed E-state index contributed by atoms with van der Waals surface area (Å²) in [5.74, 6) is -4.26. The number of carbonyl (C=O) groups excluding carboxylic acids is 1. The SMILES string of the molecule is COCc1nc(NC(=O)C(F)(F)F)ncc1C(=O)O. The number of nitrogens with one attached hydrogen (secondary N) is 1. The van der Waals surface area contributed by atoms with Gasteiger partial charge in [0.25, 0.3) is 0 Å². The number of carbonyl (C=O) groups is 2. The van der Waals surface area contributed by atoms with E-state index in [4.69, 9.17) is 5.11 Å². The molecule has 0 spiro atoms. The topological polar surface area (TPSA) is 101 Å². The van der Waals surface area contributed by atoms with E-state index in [1.165, 1.54) is 12.4 Å². The maximum Gasteiger partial charge on any atom is 0.471 e. The van der Waals surface area contributed by atoms with Crippen LogP contribution in [0.15, 0.2) is 6.20 Å². The molecule has 1 rings (SSSR count). The smallest absolute Gasteiger partial charge is 0.471 e. The highest BCUT2D eigenvalue weighted by Gasteiger charge is 2.39. The number of anilines is 1. The van der Waals surface area contributed by atoms with Crippen LogP contribution in [0.2, 0.25) is 0 Å². The minimum atomic E-state index is -5.09. The molecule has 19 heavy (non-hydrogen) atoms. The lowest BCUT2D eigenvalue weighted by Gasteiger charge is -2.09. The van der Waals surface area contributed by atoms with Crippen molar-refractivity contribution in [3.8, 4) is 0 Å². The molecule has 10 heteroatoms. The monoisotopic (exact) mass is 279 g/mol. The first-order chi connectivity index (χ1) is 8.75. The number of nitrogens with zero attached hydrogens (tertiary/aromatic N) is 2. The Morgan fingerprint density at radius 3 is 2.58 bits per heavy atom. The summed E-state index contributed by atoms with van der Waals surface area (Å²) in [6, 6.07) is 0. The van der Waals surface area contributed by atoms with E-state index in [1.54, 1.807) is 0 Å². The summed E-state index contributed by atoms with van der Waals surface area (Å²) >= 11 is 0. The van der Waals surface area contributed by atoms with E-state index in [2.05, 4.69) is 14.7 Å². The Labute approximate surface area is 104 Å². The minimum Gasteiger partial charge on any atom is -0.478 e. The average molecular weight is 279 g/mol. The van der Waals surface area contributed by atoms with Crippen molar-refractivity contribution in [2.24, 2.45) is 0 Å². The molecular formula is C9H8F3N3O4. The van der Waals surface area contributed by atoms with E-state index in [9.17, 15) is 22.8 Å². The molecule has 1 aromatic rings. The molecule has 0 fully saturated rings. The van der Waals surface area contributed by atoms with Gasteiger partial charge in [-0.2, -0.15) is 13.2 Å². The number of aromatic nitrogens is 2. The lowest BCUT2D eigenvalue weighted by Crippen LogP contribution is -2.31. The average Bonchev–Trinajstić information content (AvgIpc) is 2.28. The molecule has 7 nitrogen and oxygen atoms in total. The number of carboxylic acid groups (broad SMARTS) is 1. The van der Waals surface area contributed by atoms with Crippen molar-refractivity contribution < 1.29 is 32.6 Å². The van der Waals surface area contributed by atoms with Gasteiger partial charge in [0.15, 0.2) is 0 Å². The molecule has 1 amide bonds. The third kappa shape index (κ3) is 3.88. The number of amides is 1. The fourth-order valence-corrected chi connectivity index (χ4v) is 1.08. The van der Waals surface area contributed by atoms with Crippen LogP contribution >= 0.6 is 0 Å². The Balaban J connectivity index is 3.02. The van der Waals surface area contributed by atoms with Crippen LogP contribution in [0.1, 0.15) is 16.1 Å². The second-order valence-corrected chi connectivity index (χ2v) is 3.24. The van der Waals surface area contributed by atoms with Crippen molar-refractivity contribution in [2.75, 3.05) is 12.4 Å². The van der Waals surface area contributed by atoms with E-state index in [1.807, 2.05) is 0 Å². The van der Waals surface area contributed by atoms with Gasteiger partial charge < -0.3 is 9.84 Å². The molecule has 0 radical (unpaired) electrons. The standard InChI is InChI=1S/C9H8F3N3O4/c1-19-3-5-4(6(16)17)2-13-8(14-5)15-7(18)9(10,11)12/h2H,3H2,1H3,(H,16,17)(H,13,14,15,18). The van der Waals surface area contributed by atoms with Crippen molar-refractivity contribution in [3.63, 3.8) is 0 Å². The van der Waals surface area contributed by atoms with E-state index >= 15 is 0 Å². The number of methoxy groups -OCH3 is 1. The first kappa shape index (κ1) is 14.8. The van der Waals surface area contributed by atoms with E-state index in [-0.39, 0.29) is 17.9 Å². The Bertz CT molecular complexity index is 504. The molecule has 0 aliphatic rings. The summed E-state index contributed by atoms with van der Waals surface area (Å²) in [4.78, 5) is 28.2. The molecule has 104 valence electrons. The molecule has 1 heterocycles. The number of halogens is 3. The zero-order valence-electron chi connectivity index (χ0n) is 9.48. The second kappa shape index (κ2) is 5.61. The maximum absolute atomic E-state index is 12.0. The molecule has 0 atom stereocenters. The van der Waals surface area contributed by atoms with Crippen molar-refractivity contribution in [1.29, 1.82) is 0 Å². The van der Waals surface area contributed by atoms with Gasteiger partial charge >= 0.3 is 18.1 Å². The van der Waals surface area contributed by atoms with E-state index in [0.29, 0.717) is 0 Å². The van der Waals surface area contributed by atoms with Crippen molar-refractivity contribution in [1.82, 2.24) is 9.97 Å². The quantitative estimate of drug-likeness (QED) is 0.846. The summed E-state index contributed by atoms with van der Waals surface area (Å²) in [6.45, 7) is -0.251. The first-order valence-electron chi connectivity index (χ1n) is 4.72. The second-order valence-electron chi connectivity index (χ2n) is 3.24. The Hall–Kier alpha value is -2.23. The van der Waals surface area contributed by atoms with E-state index in [0.717, 1.165) is 6.20 Å². The Morgan fingerprint density at radius 1 is 1.47 bits per heavy atom. The largest absolute Gasteiger partial charge is 0.478 e. The van der Waals surface area contributed by atoms with Crippen LogP contribution in [0.4, 0.5) is 19.1 Å². The summed E-state index contributed by atoms with van der Waals surface area (Å²) in [5.41, 5.74) is -0.477. The van der Waals surface area contributed by atoms with E-state index < -0.39 is 24.0 Å². The van der Waals surface area contributed by atoms with Gasteiger partial charge in [0, 0.05) is 13.3 Å². The summed E-state index contributed by atoms with van der Waals surface area (Å²) in [6.07, 6.45) is -4.30. The number of carboxylic acids is 1. The third-order valence-electron chi connectivity index (χ3n) is 1.86. The van der Waals surface area contributed by atoms with Crippen molar-refractivity contribution in [3.05, 3.63) is 17.5 Å². The van der Waals surface area contributed by atoms with Gasteiger partial charge in [-0.3, -0.25) is 10.1 Å². The van der Waals surface area contributed by atoms with Crippen LogP contribution in [0, 0.1) is 0 Å². The molecule has 1 aromatic heterocycles. The van der Waals surface area contributed by atoms with Crippen molar-refractivity contribution in [2.45, 2.75) is 12.8 Å². The number of hydrogen-bond donors (Lipinski definition) is 2. The highest BCUT2D eigenvalue weighted by Crippen LogP contribution is 2.17. The van der Waals surface area contributed by atoms with Crippen molar-refractivity contribution >= 4 is 17.8 Å². The predicted octanol–water partition coefficient (Wildman–Crippen LogP) is 0.822. The number of rotatable bonds is 4. The fourth-order valence-electron chi connectivity index (χ4n) is 1.08. The molecule has 0 bridgehead atoms. The highest BCUT2D eigenvalue weighted by molar-refractivity contribution is 5.94. The number of aromatic carboxylic acids is 1. The molecule has 0 saturated heterocycles. The maximum atomic E-state index is 12.0. The lowest BCUT2D eigenvalue weighted by molar-refractivity contribution is -0.167. The van der Waals surface area contributed by atoms with Gasteiger partial charge in [-0.15, -0.1) is 0 Å². The van der Waals surface area contributed by atoms with Gasteiger partial charge in [-0.25, -0.2) is 14.8 Å². The first-order valence-corrected chi connectivity index (χ1v) is 4.72. The normalized spacial score (nSPS) is 11.2. The van der Waals surface area contributed by atoms with Gasteiger partial charge in [0.05, 0.1) is 12.3 Å². The van der Waals surface area contributed by atoms with Gasteiger partial charge in [-0.1, -0.05) is 0 Å². The predicted molar refractivity (Wildman–Crippen MR) is 54.4 cm³/mol. The van der Waals surface area contributed by atoms with Crippen LogP contribution in [0.3, 0.4) is 0 Å². The van der Waals surface area contributed by atoms with Gasteiger partial charge in [-0.05, 0) is 0 Å². The lowest BCUT2D eigenvalue weighted by atomic mass is 10.2. The van der Waals surface area contributed by atoms with Gasteiger partial charge in [0.1, 0.15) is 5.56 Å². The molecule has 0 aromatic carbocycles. The number of ether oxygens (including phenoxy) is 1. The van der Waals surface area contributed by atoms with Crippen LogP contribution in [-0.4, -0.2) is 40.2 Å². The van der Waals surface area contributed by atoms with Crippen LogP contribution in [0.5, 0.6) is 0 Å². The molecule has 0 aliphatic carbocycles. The van der Waals surface area contributed by atoms with Crippen LogP contribution in [-0.2, 0) is 16.1 Å².